The number of likely N-dealkylation sites (tertiary alicyclic amines) is 1. The summed E-state index contributed by atoms with van der Waals surface area (Å²) in [5.74, 6) is -0.914. The molecule has 250 valence electrons. The van der Waals surface area contributed by atoms with Crippen molar-refractivity contribution in [2.24, 2.45) is 5.92 Å². The molecule has 9 heteroatoms. The van der Waals surface area contributed by atoms with Crippen molar-refractivity contribution < 1.29 is 33.2 Å². The van der Waals surface area contributed by atoms with Gasteiger partial charge in [-0.25, -0.2) is 4.39 Å². The van der Waals surface area contributed by atoms with Crippen molar-refractivity contribution in [2.45, 2.75) is 19.4 Å². The number of carboxylic acids is 1. The molecule has 0 radical (unpaired) electrons. The van der Waals surface area contributed by atoms with Gasteiger partial charge in [-0.1, -0.05) is 91.0 Å². The predicted octanol–water partition coefficient (Wildman–Crippen LogP) is 7.05. The van der Waals surface area contributed by atoms with E-state index in [1.807, 2.05) is 83.8 Å². The highest BCUT2D eigenvalue weighted by Gasteiger charge is 2.32. The maximum absolute atomic E-state index is 14.8. The van der Waals surface area contributed by atoms with E-state index in [0.717, 1.165) is 45.9 Å². The van der Waals surface area contributed by atoms with E-state index >= 15 is 0 Å². The summed E-state index contributed by atoms with van der Waals surface area (Å²) in [7, 11) is -1.56. The van der Waals surface area contributed by atoms with Crippen LogP contribution < -0.4 is 5.66 Å². The van der Waals surface area contributed by atoms with Gasteiger partial charge >= 0.3 is 13.1 Å². The molecule has 2 aromatic heterocycles. The molecule has 0 bridgehead atoms. The van der Waals surface area contributed by atoms with E-state index in [1.54, 1.807) is 12.1 Å². The van der Waals surface area contributed by atoms with Crippen LogP contribution in [0.3, 0.4) is 0 Å². The van der Waals surface area contributed by atoms with Crippen LogP contribution >= 0.6 is 0 Å². The number of benzene rings is 5. The molecule has 0 spiro atoms. The van der Waals surface area contributed by atoms with Gasteiger partial charge in [0, 0.05) is 30.4 Å². The number of nitrogens with zero attached hydrogens (tertiary/aromatic N) is 1. The number of furan rings is 2. The molecule has 0 saturated carbocycles. The Balaban J connectivity index is 0.000000176. The molecule has 1 aliphatic heterocycles. The fourth-order valence-corrected chi connectivity index (χ4v) is 6.28. The molecule has 1 saturated heterocycles. The number of halogens is 1. The molecule has 0 aliphatic carbocycles. The predicted molar refractivity (Wildman–Crippen MR) is 193 cm³/mol. The molecule has 5 aromatic carbocycles. The lowest BCUT2D eigenvalue weighted by Crippen LogP contribution is -2.49. The van der Waals surface area contributed by atoms with Crippen molar-refractivity contribution in [3.05, 3.63) is 161 Å². The molecule has 0 atom stereocenters. The number of fused-ring (bicyclic) bond motifs is 2. The van der Waals surface area contributed by atoms with Gasteiger partial charge in [0.05, 0.1) is 11.5 Å². The number of hydrogen-bond acceptors (Lipinski definition) is 6. The normalized spacial score (nSPS) is 13.2. The van der Waals surface area contributed by atoms with E-state index in [1.165, 1.54) is 17.2 Å². The first-order chi connectivity index (χ1) is 24.3. The number of hydrogen-bond donors (Lipinski definition) is 3. The molecule has 8 rings (SSSR count). The van der Waals surface area contributed by atoms with Gasteiger partial charge in [0.1, 0.15) is 28.4 Å². The summed E-state index contributed by atoms with van der Waals surface area (Å²) in [5, 5.41) is 29.0. The molecule has 50 heavy (non-hydrogen) atoms. The summed E-state index contributed by atoms with van der Waals surface area (Å²) in [6, 6.07) is 41.1. The molecule has 1 aliphatic rings. The van der Waals surface area contributed by atoms with Gasteiger partial charge in [-0.2, -0.15) is 0 Å². The zero-order valence-electron chi connectivity index (χ0n) is 27.2. The maximum Gasteiger partial charge on any atom is 0.526 e. The van der Waals surface area contributed by atoms with Gasteiger partial charge in [-0.05, 0) is 77.1 Å². The Bertz CT molecular complexity index is 2240. The first-order valence-corrected chi connectivity index (χ1v) is 16.5. The lowest BCUT2D eigenvalue weighted by Gasteiger charge is -2.36. The minimum Gasteiger partial charge on any atom is -0.481 e. The summed E-state index contributed by atoms with van der Waals surface area (Å²) >= 11 is 0. The largest absolute Gasteiger partial charge is 0.526 e. The molecular weight excluding hydrogens is 632 g/mol. The van der Waals surface area contributed by atoms with Gasteiger partial charge in [0.15, 0.2) is 0 Å². The first-order valence-electron chi connectivity index (χ1n) is 16.5. The van der Waals surface area contributed by atoms with Crippen molar-refractivity contribution in [3.63, 3.8) is 0 Å². The van der Waals surface area contributed by atoms with E-state index < -0.39 is 13.1 Å². The summed E-state index contributed by atoms with van der Waals surface area (Å²) in [6.07, 6.45) is 1.64. The topological polar surface area (TPSA) is 107 Å². The van der Waals surface area contributed by atoms with Crippen LogP contribution in [-0.4, -0.2) is 46.2 Å². The highest BCUT2D eigenvalue weighted by atomic mass is 19.1. The summed E-state index contributed by atoms with van der Waals surface area (Å²) in [6.45, 7) is 1.56. The van der Waals surface area contributed by atoms with Crippen molar-refractivity contribution in [1.82, 2.24) is 4.90 Å². The van der Waals surface area contributed by atoms with E-state index in [4.69, 9.17) is 24.0 Å². The Labute approximate surface area is 289 Å². The van der Waals surface area contributed by atoms with Crippen molar-refractivity contribution in [1.29, 1.82) is 0 Å². The van der Waals surface area contributed by atoms with Gasteiger partial charge in [0.2, 0.25) is 0 Å². The monoisotopic (exact) mass is 667 g/mol. The molecular formula is C41H35BFNO6. The van der Waals surface area contributed by atoms with Crippen LogP contribution in [0.25, 0.3) is 33.3 Å². The highest BCUT2D eigenvalue weighted by molar-refractivity contribution is 6.57. The second kappa shape index (κ2) is 14.6. The van der Waals surface area contributed by atoms with E-state index in [0.29, 0.717) is 36.5 Å². The second-order valence-electron chi connectivity index (χ2n) is 12.7. The van der Waals surface area contributed by atoms with E-state index in [2.05, 4.69) is 30.3 Å². The molecule has 0 unspecified atom stereocenters. The number of carbonyl (C=O) groups is 1. The van der Waals surface area contributed by atoms with Gasteiger partial charge in [-0.15, -0.1) is 0 Å². The summed E-state index contributed by atoms with van der Waals surface area (Å²) < 4.78 is 26.2. The first kappa shape index (κ1) is 33.0. The van der Waals surface area contributed by atoms with E-state index in [9.17, 15) is 9.18 Å². The second-order valence-corrected chi connectivity index (χ2v) is 12.7. The Morgan fingerprint density at radius 1 is 0.680 bits per heavy atom. The third kappa shape index (κ3) is 7.71. The minimum absolute atomic E-state index is 0.173. The molecule has 0 amide bonds. The van der Waals surface area contributed by atoms with Crippen molar-refractivity contribution in [3.8, 4) is 11.3 Å². The third-order valence-electron chi connectivity index (χ3n) is 8.96. The quantitative estimate of drug-likeness (QED) is 0.142. The summed E-state index contributed by atoms with van der Waals surface area (Å²) in [5.41, 5.74) is 7.58. The highest BCUT2D eigenvalue weighted by Crippen LogP contribution is 2.32. The van der Waals surface area contributed by atoms with E-state index in [-0.39, 0.29) is 17.4 Å². The van der Waals surface area contributed by atoms with Gasteiger partial charge < -0.3 is 24.0 Å². The standard InChI is InChI=1S/C26H22FNO3.C15H13BO3/c27-23-11-19(14-28-15-21(16-28)26(29)30)7-9-22(23)25-13-20-8-6-18(12-24(20)31-25)10-17-4-2-1-3-5-17;17-16(18)15-10-13-7-6-12(9-14(13)19-15)8-11-4-2-1-3-5-11/h1-9,11-13,21H,10,14-16H2,(H,29,30);1-7,9-10,17-18H,8H2. The van der Waals surface area contributed by atoms with Crippen LogP contribution in [0.2, 0.25) is 0 Å². The van der Waals surface area contributed by atoms with Crippen LogP contribution in [0.1, 0.15) is 27.8 Å². The van der Waals surface area contributed by atoms with Crippen LogP contribution in [-0.2, 0) is 24.2 Å². The third-order valence-corrected chi connectivity index (χ3v) is 8.96. The number of aliphatic carboxylic acids is 1. The molecule has 7 aromatic rings. The number of carboxylic acid groups (broad SMARTS) is 1. The van der Waals surface area contributed by atoms with Crippen LogP contribution in [0.5, 0.6) is 0 Å². The average Bonchev–Trinajstić information content (AvgIpc) is 3.71. The molecule has 1 fully saturated rings. The van der Waals surface area contributed by atoms with Gasteiger partial charge in [0.25, 0.3) is 0 Å². The van der Waals surface area contributed by atoms with Gasteiger partial charge in [-0.3, -0.25) is 9.69 Å². The Morgan fingerprint density at radius 3 is 1.80 bits per heavy atom. The van der Waals surface area contributed by atoms with Crippen LogP contribution in [0, 0.1) is 11.7 Å². The fraction of sp³-hybridized carbons (Fsp3) is 0.146. The minimum atomic E-state index is -1.56. The zero-order chi connectivity index (χ0) is 34.6. The van der Waals surface area contributed by atoms with Crippen LogP contribution in [0.15, 0.2) is 136 Å². The molecule has 3 N–H and O–H groups in total. The van der Waals surface area contributed by atoms with Crippen LogP contribution in [0.4, 0.5) is 4.39 Å². The smallest absolute Gasteiger partial charge is 0.481 e. The van der Waals surface area contributed by atoms with Crippen molar-refractivity contribution in [2.75, 3.05) is 13.1 Å². The molecule has 7 nitrogen and oxygen atoms in total. The summed E-state index contributed by atoms with van der Waals surface area (Å²) in [4.78, 5) is 12.9. The lowest BCUT2D eigenvalue weighted by molar-refractivity contribution is -0.147. The van der Waals surface area contributed by atoms with Crippen molar-refractivity contribution >= 4 is 40.7 Å². The lowest BCUT2D eigenvalue weighted by atomic mass is 9.88. The number of rotatable bonds is 9. The zero-order valence-corrected chi connectivity index (χ0v) is 27.2. The Hall–Kier alpha value is -5.48. The fourth-order valence-electron chi connectivity index (χ4n) is 6.28. The maximum atomic E-state index is 14.8. The molecule has 3 heterocycles. The average molecular weight is 668 g/mol. The Morgan fingerprint density at radius 2 is 1.24 bits per heavy atom. The Kier molecular flexibility index (Phi) is 9.62. The SMILES string of the molecule is O=C(O)C1CN(Cc2ccc(-c3cc4ccc(Cc5ccccc5)cc4o3)c(F)c2)C1.OB(O)c1cc2ccc(Cc3ccccc3)cc2o1.